The van der Waals surface area contributed by atoms with Gasteiger partial charge in [0.05, 0.1) is 18.7 Å². The fraction of sp³-hybridized carbons (Fsp3) is 0.333. The van der Waals surface area contributed by atoms with Crippen LogP contribution >= 0.6 is 0 Å². The lowest BCUT2D eigenvalue weighted by atomic mass is 10.1. The summed E-state index contributed by atoms with van der Waals surface area (Å²) in [6.45, 7) is 3.06. The number of anilines is 1. The van der Waals surface area contributed by atoms with Gasteiger partial charge in [0.25, 0.3) is 5.82 Å². The summed E-state index contributed by atoms with van der Waals surface area (Å²) in [5.74, 6) is 1.85. The largest absolute Gasteiger partial charge is 0.486 e. The number of nitrogens with one attached hydrogen (secondary N) is 1. The molecule has 1 aromatic heterocycles. The molecule has 0 spiro atoms. The van der Waals surface area contributed by atoms with Crippen LogP contribution in [0.4, 0.5) is 19.0 Å². The Morgan fingerprint density at radius 2 is 1.73 bits per heavy atom. The molecule has 0 saturated carbocycles. The maximum atomic E-state index is 12.7. The third kappa shape index (κ3) is 4.50. The maximum absolute atomic E-state index is 12.7. The molecule has 4 rings (SSSR count). The van der Waals surface area contributed by atoms with Crippen molar-refractivity contribution >= 4 is 17.8 Å². The quantitative estimate of drug-likeness (QED) is 0.717. The number of fused-ring (bicyclic) bond motifs is 1. The molecule has 1 aromatic carbocycles. The number of ether oxygens (including phenoxy) is 2. The van der Waals surface area contributed by atoms with Gasteiger partial charge in [0.1, 0.15) is 32.5 Å². The number of piperazine rings is 1. The van der Waals surface area contributed by atoms with Crippen LogP contribution in [0, 0.1) is 0 Å². The lowest BCUT2D eigenvalue weighted by Crippen LogP contribution is -2.49. The molecule has 30 heavy (non-hydrogen) atoms. The Kier molecular flexibility index (Phi) is 5.52. The van der Waals surface area contributed by atoms with E-state index >= 15 is 0 Å². The third-order valence-electron chi connectivity index (χ3n) is 5.04. The van der Waals surface area contributed by atoms with Gasteiger partial charge in [-0.25, -0.2) is 4.98 Å². The van der Waals surface area contributed by atoms with Gasteiger partial charge in [0.2, 0.25) is 5.91 Å². The van der Waals surface area contributed by atoms with Gasteiger partial charge in [-0.1, -0.05) is 6.07 Å². The van der Waals surface area contributed by atoms with Crippen molar-refractivity contribution in [2.45, 2.75) is 6.18 Å². The van der Waals surface area contributed by atoms with Gasteiger partial charge in [-0.05, 0) is 29.8 Å². The molecule has 6 nitrogen and oxygen atoms in total. The minimum atomic E-state index is -4.37. The number of aromatic nitrogens is 1. The van der Waals surface area contributed by atoms with E-state index in [9.17, 15) is 18.0 Å². The molecule has 1 fully saturated rings. The summed E-state index contributed by atoms with van der Waals surface area (Å²) in [4.78, 5) is 18.8. The van der Waals surface area contributed by atoms with Crippen LogP contribution in [-0.2, 0) is 11.0 Å². The van der Waals surface area contributed by atoms with Gasteiger partial charge in [-0.15, -0.1) is 0 Å². The summed E-state index contributed by atoms with van der Waals surface area (Å²) in [5, 5.41) is 0. The van der Waals surface area contributed by atoms with Crippen molar-refractivity contribution in [3.05, 3.63) is 53.7 Å². The average molecular weight is 420 g/mol. The van der Waals surface area contributed by atoms with E-state index in [1.807, 2.05) is 23.1 Å². The minimum Gasteiger partial charge on any atom is -0.486 e. The first-order valence-corrected chi connectivity index (χ1v) is 9.61. The van der Waals surface area contributed by atoms with Crippen molar-refractivity contribution in [2.75, 3.05) is 44.3 Å². The second-order valence-corrected chi connectivity index (χ2v) is 7.01. The van der Waals surface area contributed by atoms with Crippen LogP contribution in [-0.4, -0.2) is 50.2 Å². The molecule has 2 aromatic rings. The van der Waals surface area contributed by atoms with Crippen LogP contribution < -0.4 is 19.4 Å². The highest BCUT2D eigenvalue weighted by Gasteiger charge is 2.32. The number of benzene rings is 1. The Hall–Kier alpha value is -3.23. The Balaban J connectivity index is 1.32. The number of H-pyrrole nitrogens is 1. The molecular weight excluding hydrogens is 399 g/mol. The van der Waals surface area contributed by atoms with Crippen molar-refractivity contribution in [1.82, 2.24) is 4.90 Å². The van der Waals surface area contributed by atoms with Crippen molar-refractivity contribution in [3.63, 3.8) is 0 Å². The molecule has 1 N–H and O–H groups in total. The van der Waals surface area contributed by atoms with Crippen LogP contribution in [0.3, 0.4) is 0 Å². The van der Waals surface area contributed by atoms with Gasteiger partial charge >= 0.3 is 6.18 Å². The molecular formula is C21H21F3N3O3+. The van der Waals surface area contributed by atoms with Crippen molar-refractivity contribution < 1.29 is 32.4 Å². The van der Waals surface area contributed by atoms with Gasteiger partial charge < -0.3 is 14.4 Å². The van der Waals surface area contributed by atoms with Crippen molar-refractivity contribution in [3.8, 4) is 11.5 Å². The summed E-state index contributed by atoms with van der Waals surface area (Å²) in [6, 6.07) is 7.98. The Morgan fingerprint density at radius 3 is 2.40 bits per heavy atom. The van der Waals surface area contributed by atoms with E-state index in [0.29, 0.717) is 56.7 Å². The standard InChI is InChI=1S/C21H20F3N3O3/c22-21(23,24)16-3-5-19(25-14-16)26-7-9-27(10-8-26)20(28)6-2-15-1-4-17-18(13-15)30-12-11-29-17/h1-6,13-14H,7-12H2/p+1/b6-2+. The second kappa shape index (κ2) is 8.25. The normalized spacial score (nSPS) is 16.8. The summed E-state index contributed by atoms with van der Waals surface area (Å²) in [6.07, 6.45) is -0.158. The number of carbonyl (C=O) groups is 1. The molecule has 158 valence electrons. The topological polar surface area (TPSA) is 56.2 Å². The number of hydrogen-bond donors (Lipinski definition) is 0. The zero-order valence-electron chi connectivity index (χ0n) is 16.1. The van der Waals surface area contributed by atoms with E-state index in [1.54, 1.807) is 11.0 Å². The van der Waals surface area contributed by atoms with Crippen LogP contribution in [0.25, 0.3) is 6.08 Å². The number of amides is 1. The second-order valence-electron chi connectivity index (χ2n) is 7.01. The molecule has 0 bridgehead atoms. The summed E-state index contributed by atoms with van der Waals surface area (Å²) < 4.78 is 49.1. The van der Waals surface area contributed by atoms with Crippen LogP contribution in [0.5, 0.6) is 11.5 Å². The van der Waals surface area contributed by atoms with E-state index < -0.39 is 11.7 Å². The number of nitrogens with zero attached hydrogens (tertiary/aromatic N) is 2. The summed E-state index contributed by atoms with van der Waals surface area (Å²) in [5.41, 5.74) is 0.120. The highest BCUT2D eigenvalue weighted by Crippen LogP contribution is 2.31. The fourth-order valence-corrected chi connectivity index (χ4v) is 3.39. The molecule has 2 aliphatic rings. The van der Waals surface area contributed by atoms with E-state index in [2.05, 4.69) is 4.98 Å². The molecule has 1 saturated heterocycles. The van der Waals surface area contributed by atoms with Crippen LogP contribution in [0.2, 0.25) is 0 Å². The number of rotatable bonds is 3. The van der Waals surface area contributed by atoms with E-state index in [-0.39, 0.29) is 5.91 Å². The van der Waals surface area contributed by atoms with E-state index in [1.165, 1.54) is 12.1 Å². The maximum Gasteiger partial charge on any atom is 0.419 e. The number of alkyl halides is 3. The molecule has 2 aliphatic heterocycles. The summed E-state index contributed by atoms with van der Waals surface area (Å²) in [7, 11) is 0. The van der Waals surface area contributed by atoms with Crippen LogP contribution in [0.1, 0.15) is 11.1 Å². The first kappa shape index (κ1) is 20.1. The average Bonchev–Trinajstić information content (AvgIpc) is 2.77. The number of halogens is 3. The molecule has 0 radical (unpaired) electrons. The zero-order chi connectivity index (χ0) is 21.1. The zero-order valence-corrected chi connectivity index (χ0v) is 16.1. The predicted octanol–water partition coefficient (Wildman–Crippen LogP) is 2.65. The molecule has 1 amide bonds. The van der Waals surface area contributed by atoms with Gasteiger partial charge in [-0.2, -0.15) is 13.2 Å². The molecule has 0 atom stereocenters. The van der Waals surface area contributed by atoms with Crippen LogP contribution in [0.15, 0.2) is 42.6 Å². The summed E-state index contributed by atoms with van der Waals surface area (Å²) >= 11 is 0. The predicted molar refractivity (Wildman–Crippen MR) is 103 cm³/mol. The highest BCUT2D eigenvalue weighted by molar-refractivity contribution is 5.92. The number of pyridine rings is 1. The van der Waals surface area contributed by atoms with E-state index in [4.69, 9.17) is 9.47 Å². The smallest absolute Gasteiger partial charge is 0.419 e. The highest BCUT2D eigenvalue weighted by atomic mass is 19.4. The number of carbonyl (C=O) groups excluding carboxylic acids is 1. The Bertz CT molecular complexity index is 937. The minimum absolute atomic E-state index is 0.110. The fourth-order valence-electron chi connectivity index (χ4n) is 3.39. The molecule has 3 heterocycles. The lowest BCUT2D eigenvalue weighted by Gasteiger charge is -2.30. The monoisotopic (exact) mass is 420 g/mol. The Morgan fingerprint density at radius 1 is 1.00 bits per heavy atom. The van der Waals surface area contributed by atoms with Gasteiger partial charge in [0.15, 0.2) is 11.5 Å². The van der Waals surface area contributed by atoms with Crippen molar-refractivity contribution in [2.24, 2.45) is 0 Å². The SMILES string of the molecule is O=C(/C=C/c1ccc2c(c1)OCCO2)N1CCN(c2ccc(C(F)(F)F)c[nH+]2)CC1. The third-order valence-corrected chi connectivity index (χ3v) is 5.04. The Labute approximate surface area is 171 Å². The first-order chi connectivity index (χ1) is 14.4. The number of aromatic amines is 1. The molecule has 0 aliphatic carbocycles. The first-order valence-electron chi connectivity index (χ1n) is 9.61. The van der Waals surface area contributed by atoms with Gasteiger partial charge in [-0.3, -0.25) is 9.69 Å². The lowest BCUT2D eigenvalue weighted by molar-refractivity contribution is -0.367. The number of hydrogen-bond acceptors (Lipinski definition) is 4. The van der Waals surface area contributed by atoms with Crippen molar-refractivity contribution in [1.29, 1.82) is 0 Å². The van der Waals surface area contributed by atoms with E-state index in [0.717, 1.165) is 17.8 Å². The van der Waals surface area contributed by atoms with Gasteiger partial charge in [0, 0.05) is 12.1 Å². The molecule has 0 unspecified atom stereocenters. The molecule has 9 heteroatoms.